The fourth-order valence-corrected chi connectivity index (χ4v) is 3.21. The largest absolute Gasteiger partial charge is 0.299 e. The number of hydrogen-bond acceptors (Lipinski definition) is 1. The van der Waals surface area contributed by atoms with Crippen LogP contribution in [0.3, 0.4) is 0 Å². The topological polar surface area (TPSA) is 3.24 Å². The summed E-state index contributed by atoms with van der Waals surface area (Å²) in [5, 5.41) is 1.27. The molecule has 0 radical (unpaired) electrons. The summed E-state index contributed by atoms with van der Waals surface area (Å²) < 4.78 is 0. The lowest BCUT2D eigenvalue weighted by molar-refractivity contribution is 0.165. The van der Waals surface area contributed by atoms with Crippen LogP contribution >= 0.6 is 34.8 Å². The lowest BCUT2D eigenvalue weighted by atomic mass is 9.95. The zero-order valence-corrected chi connectivity index (χ0v) is 12.6. The molecule has 1 aliphatic heterocycles. The summed E-state index contributed by atoms with van der Waals surface area (Å²) in [5.41, 5.74) is 1.23. The highest BCUT2D eigenvalue weighted by Gasteiger charge is 2.19. The maximum Gasteiger partial charge on any atom is 0.0595 e. The molecule has 0 N–H and O–H groups in total. The van der Waals surface area contributed by atoms with Gasteiger partial charge in [0.2, 0.25) is 0 Å². The summed E-state index contributed by atoms with van der Waals surface area (Å²) in [6.07, 6.45) is 3.70. The highest BCUT2D eigenvalue weighted by Crippen LogP contribution is 2.25. The van der Waals surface area contributed by atoms with E-state index in [1.54, 1.807) is 0 Å². The van der Waals surface area contributed by atoms with E-state index < -0.39 is 0 Å². The molecule has 1 heterocycles. The van der Waals surface area contributed by atoms with E-state index in [1.807, 2.05) is 12.1 Å². The van der Waals surface area contributed by atoms with Crippen LogP contribution in [0.2, 0.25) is 10.0 Å². The number of nitrogens with zero attached hydrogens (tertiary/aromatic N) is 1. The van der Waals surface area contributed by atoms with Crippen molar-refractivity contribution in [1.82, 2.24) is 4.90 Å². The monoisotopic (exact) mass is 305 g/mol. The van der Waals surface area contributed by atoms with Crippen molar-refractivity contribution in [2.45, 2.75) is 25.8 Å². The summed E-state index contributed by atoms with van der Waals surface area (Å²) in [4.78, 5) is 2.49. The normalized spacial score (nSPS) is 21.2. The Kier molecular flexibility index (Phi) is 5.62. The molecule has 1 unspecified atom stereocenters. The van der Waals surface area contributed by atoms with Crippen molar-refractivity contribution < 1.29 is 0 Å². The number of rotatable bonds is 4. The van der Waals surface area contributed by atoms with Gasteiger partial charge in [0.25, 0.3) is 0 Å². The van der Waals surface area contributed by atoms with Crippen molar-refractivity contribution in [3.05, 3.63) is 33.8 Å². The predicted molar refractivity (Wildman–Crippen MR) is 79.8 cm³/mol. The van der Waals surface area contributed by atoms with Gasteiger partial charge in [0, 0.05) is 19.0 Å². The maximum absolute atomic E-state index is 6.04. The van der Waals surface area contributed by atoms with Crippen LogP contribution in [0.25, 0.3) is 0 Å². The molecule has 0 bridgehead atoms. The van der Waals surface area contributed by atoms with Crippen molar-refractivity contribution >= 4 is 34.8 Å². The number of piperidine rings is 1. The molecule has 2 rings (SSSR count). The number of halogens is 3. The van der Waals surface area contributed by atoms with Crippen molar-refractivity contribution in [3.63, 3.8) is 0 Å². The van der Waals surface area contributed by atoms with Gasteiger partial charge in [-0.2, -0.15) is 0 Å². The standard InChI is InChI=1S/C14H18Cl3N/c15-6-5-11-2-1-7-18(9-11)10-12-3-4-13(16)14(17)8-12/h3-4,8,11H,1-2,5-7,9-10H2. The van der Waals surface area contributed by atoms with Gasteiger partial charge in [-0.25, -0.2) is 0 Å². The van der Waals surface area contributed by atoms with Gasteiger partial charge in [-0.05, 0) is 49.4 Å². The molecule has 1 aromatic carbocycles. The molecular weight excluding hydrogens is 289 g/mol. The molecule has 1 aliphatic rings. The Balaban J connectivity index is 1.93. The highest BCUT2D eigenvalue weighted by atomic mass is 35.5. The van der Waals surface area contributed by atoms with Gasteiger partial charge in [-0.3, -0.25) is 4.90 Å². The molecule has 1 atom stereocenters. The summed E-state index contributed by atoms with van der Waals surface area (Å²) in [6.45, 7) is 3.27. The van der Waals surface area contributed by atoms with E-state index in [1.165, 1.54) is 24.9 Å². The second-order valence-corrected chi connectivity index (χ2v) is 6.16. The third-order valence-corrected chi connectivity index (χ3v) is 4.47. The second kappa shape index (κ2) is 7.00. The molecule has 18 heavy (non-hydrogen) atoms. The van der Waals surface area contributed by atoms with Crippen molar-refractivity contribution in [2.75, 3.05) is 19.0 Å². The summed E-state index contributed by atoms with van der Waals surface area (Å²) >= 11 is 17.8. The van der Waals surface area contributed by atoms with Crippen LogP contribution in [0, 0.1) is 5.92 Å². The Morgan fingerprint density at radius 3 is 2.78 bits per heavy atom. The average Bonchev–Trinajstić information content (AvgIpc) is 2.35. The van der Waals surface area contributed by atoms with Crippen LogP contribution in [0.1, 0.15) is 24.8 Å². The molecule has 1 fully saturated rings. The van der Waals surface area contributed by atoms with E-state index in [0.717, 1.165) is 31.3 Å². The lowest BCUT2D eigenvalue weighted by Gasteiger charge is -2.32. The molecular formula is C14H18Cl3N. The van der Waals surface area contributed by atoms with E-state index in [4.69, 9.17) is 34.8 Å². The minimum atomic E-state index is 0.624. The number of likely N-dealkylation sites (tertiary alicyclic amines) is 1. The Morgan fingerprint density at radius 1 is 1.22 bits per heavy atom. The third-order valence-electron chi connectivity index (χ3n) is 3.51. The Morgan fingerprint density at radius 2 is 2.06 bits per heavy atom. The fourth-order valence-electron chi connectivity index (χ4n) is 2.58. The first kappa shape index (κ1) is 14.5. The lowest BCUT2D eigenvalue weighted by Crippen LogP contribution is -2.35. The quantitative estimate of drug-likeness (QED) is 0.720. The Bertz CT molecular complexity index is 393. The van der Waals surface area contributed by atoms with E-state index in [-0.39, 0.29) is 0 Å². The maximum atomic E-state index is 6.04. The van der Waals surface area contributed by atoms with Gasteiger partial charge < -0.3 is 0 Å². The molecule has 0 aliphatic carbocycles. The van der Waals surface area contributed by atoms with E-state index in [2.05, 4.69) is 11.0 Å². The van der Waals surface area contributed by atoms with E-state index in [9.17, 15) is 0 Å². The van der Waals surface area contributed by atoms with Gasteiger partial charge in [0.15, 0.2) is 0 Å². The average molecular weight is 307 g/mol. The molecule has 1 nitrogen and oxygen atoms in total. The highest BCUT2D eigenvalue weighted by molar-refractivity contribution is 6.42. The molecule has 1 saturated heterocycles. The molecule has 0 saturated carbocycles. The summed E-state index contributed by atoms with van der Waals surface area (Å²) in [7, 11) is 0. The van der Waals surface area contributed by atoms with Crippen LogP contribution in [0.15, 0.2) is 18.2 Å². The van der Waals surface area contributed by atoms with Crippen LogP contribution in [-0.2, 0) is 6.54 Å². The van der Waals surface area contributed by atoms with Crippen molar-refractivity contribution in [2.24, 2.45) is 5.92 Å². The number of hydrogen-bond donors (Lipinski definition) is 0. The molecule has 0 amide bonds. The smallest absolute Gasteiger partial charge is 0.0595 e. The van der Waals surface area contributed by atoms with Crippen LogP contribution in [-0.4, -0.2) is 23.9 Å². The van der Waals surface area contributed by atoms with Crippen molar-refractivity contribution in [3.8, 4) is 0 Å². The van der Waals surface area contributed by atoms with Gasteiger partial charge in [-0.1, -0.05) is 29.3 Å². The van der Waals surface area contributed by atoms with Gasteiger partial charge >= 0.3 is 0 Å². The van der Waals surface area contributed by atoms with Crippen LogP contribution in [0.4, 0.5) is 0 Å². The van der Waals surface area contributed by atoms with Crippen molar-refractivity contribution in [1.29, 1.82) is 0 Å². The first-order valence-electron chi connectivity index (χ1n) is 6.41. The molecule has 1 aromatic rings. The molecule has 0 spiro atoms. The van der Waals surface area contributed by atoms with E-state index >= 15 is 0 Å². The number of benzene rings is 1. The fraction of sp³-hybridized carbons (Fsp3) is 0.571. The molecule has 100 valence electrons. The zero-order valence-electron chi connectivity index (χ0n) is 10.3. The third kappa shape index (κ3) is 4.03. The van der Waals surface area contributed by atoms with E-state index in [0.29, 0.717) is 10.0 Å². The summed E-state index contributed by atoms with van der Waals surface area (Å²) in [6, 6.07) is 5.90. The van der Waals surface area contributed by atoms with Gasteiger partial charge in [-0.15, -0.1) is 11.6 Å². The van der Waals surface area contributed by atoms with Gasteiger partial charge in [0.05, 0.1) is 10.0 Å². The SMILES string of the molecule is ClCCC1CCCN(Cc2ccc(Cl)c(Cl)c2)C1. The van der Waals surface area contributed by atoms with Crippen LogP contribution < -0.4 is 0 Å². The molecule has 4 heteroatoms. The zero-order chi connectivity index (χ0) is 13.0. The Hall–Kier alpha value is 0.0500. The number of alkyl halides is 1. The first-order valence-corrected chi connectivity index (χ1v) is 7.70. The predicted octanol–water partition coefficient (Wildman–Crippen LogP) is 4.83. The second-order valence-electron chi connectivity index (χ2n) is 4.97. The van der Waals surface area contributed by atoms with Crippen LogP contribution in [0.5, 0.6) is 0 Å². The summed E-state index contributed by atoms with van der Waals surface area (Å²) in [5.74, 6) is 1.52. The first-order chi connectivity index (χ1) is 8.69. The minimum absolute atomic E-state index is 0.624. The minimum Gasteiger partial charge on any atom is -0.299 e. The molecule has 0 aromatic heterocycles. The Labute approximate surface area is 124 Å². The van der Waals surface area contributed by atoms with Gasteiger partial charge in [0.1, 0.15) is 0 Å².